The number of fused-ring (bicyclic) bond motifs is 1. The zero-order valence-corrected chi connectivity index (χ0v) is 21.7. The van der Waals surface area contributed by atoms with Gasteiger partial charge < -0.3 is 4.74 Å². The van der Waals surface area contributed by atoms with Crippen LogP contribution in [0.25, 0.3) is 10.2 Å². The van der Waals surface area contributed by atoms with Crippen LogP contribution in [0.3, 0.4) is 0 Å². The van der Waals surface area contributed by atoms with Gasteiger partial charge in [-0.25, -0.2) is 4.98 Å². The van der Waals surface area contributed by atoms with E-state index in [4.69, 9.17) is 21.3 Å². The number of halogens is 1. The summed E-state index contributed by atoms with van der Waals surface area (Å²) in [5.74, 6) is -0.0131. The summed E-state index contributed by atoms with van der Waals surface area (Å²) in [6, 6.07) is 11.8. The molecular weight excluding hydrogens is 474 g/mol. The van der Waals surface area contributed by atoms with Crippen molar-refractivity contribution < 1.29 is 9.53 Å². The van der Waals surface area contributed by atoms with Crippen LogP contribution in [0, 0.1) is 6.92 Å². The summed E-state index contributed by atoms with van der Waals surface area (Å²) in [5.41, 5.74) is 2.62. The van der Waals surface area contributed by atoms with Crippen LogP contribution in [0.4, 0.5) is 5.13 Å². The molecule has 8 heteroatoms. The summed E-state index contributed by atoms with van der Waals surface area (Å²) < 4.78 is 6.46. The van der Waals surface area contributed by atoms with Gasteiger partial charge in [-0.2, -0.15) is 0 Å². The van der Waals surface area contributed by atoms with E-state index in [1.54, 1.807) is 11.8 Å². The average molecular weight is 504 g/mol. The Balaban J connectivity index is 1.57. The maximum absolute atomic E-state index is 13.6. The van der Waals surface area contributed by atoms with Gasteiger partial charge in [0.05, 0.1) is 23.4 Å². The van der Waals surface area contributed by atoms with Gasteiger partial charge in [0, 0.05) is 46.9 Å². The predicted molar refractivity (Wildman–Crippen MR) is 140 cm³/mol. The van der Waals surface area contributed by atoms with Gasteiger partial charge in [-0.3, -0.25) is 14.6 Å². The molecule has 0 aliphatic carbocycles. The molecule has 4 rings (SSSR count). The maximum Gasteiger partial charge on any atom is 0.260 e. The minimum Gasteiger partial charge on any atom is -0.379 e. The van der Waals surface area contributed by atoms with Crippen molar-refractivity contribution >= 4 is 56.0 Å². The van der Waals surface area contributed by atoms with Gasteiger partial charge in [0.1, 0.15) is 0 Å². The first-order valence-corrected chi connectivity index (χ1v) is 13.4. The van der Waals surface area contributed by atoms with E-state index in [1.165, 1.54) is 16.2 Å². The maximum atomic E-state index is 13.6. The summed E-state index contributed by atoms with van der Waals surface area (Å²) in [7, 11) is 0. The van der Waals surface area contributed by atoms with Crippen molar-refractivity contribution in [2.24, 2.45) is 0 Å². The highest BCUT2D eigenvalue weighted by atomic mass is 35.5. The van der Waals surface area contributed by atoms with Crippen LogP contribution in [-0.2, 0) is 4.74 Å². The quantitative estimate of drug-likeness (QED) is 0.346. The monoisotopic (exact) mass is 503 g/mol. The number of carbonyl (C=O) groups excluding carboxylic acids is 1. The van der Waals surface area contributed by atoms with E-state index in [0.29, 0.717) is 22.4 Å². The van der Waals surface area contributed by atoms with Gasteiger partial charge in [-0.1, -0.05) is 36.8 Å². The minimum atomic E-state index is -0.0131. The van der Waals surface area contributed by atoms with Crippen LogP contribution in [0.1, 0.15) is 36.2 Å². The molecule has 176 valence electrons. The van der Waals surface area contributed by atoms with E-state index >= 15 is 0 Å². The fraction of sp³-hybridized carbons (Fsp3) is 0.440. The van der Waals surface area contributed by atoms with Crippen molar-refractivity contribution in [3.63, 3.8) is 0 Å². The lowest BCUT2D eigenvalue weighted by Gasteiger charge is -2.27. The Morgan fingerprint density at radius 2 is 1.97 bits per heavy atom. The smallest absolute Gasteiger partial charge is 0.260 e. The lowest BCUT2D eigenvalue weighted by molar-refractivity contribution is 0.0376. The number of aryl methyl sites for hydroxylation is 1. The molecule has 1 saturated heterocycles. The second-order valence-corrected chi connectivity index (χ2v) is 11.6. The van der Waals surface area contributed by atoms with Crippen LogP contribution in [0.2, 0.25) is 5.02 Å². The number of thioether (sulfide) groups is 1. The molecular formula is C25H30ClN3O2S2. The Labute approximate surface area is 209 Å². The van der Waals surface area contributed by atoms with E-state index in [2.05, 4.69) is 18.7 Å². The molecule has 0 N–H and O–H groups in total. The highest BCUT2D eigenvalue weighted by Gasteiger charge is 2.22. The van der Waals surface area contributed by atoms with Crippen molar-refractivity contribution in [3.8, 4) is 0 Å². The minimum absolute atomic E-state index is 0.0131. The number of rotatable bonds is 8. The normalized spacial score (nSPS) is 14.8. The largest absolute Gasteiger partial charge is 0.379 e. The Bertz CT molecular complexity index is 1090. The van der Waals surface area contributed by atoms with Crippen LogP contribution >= 0.6 is 34.7 Å². The molecule has 1 aliphatic heterocycles. The first-order valence-electron chi connectivity index (χ1n) is 11.4. The van der Waals surface area contributed by atoms with Gasteiger partial charge in [-0.05, 0) is 55.3 Å². The second kappa shape index (κ2) is 11.2. The molecule has 0 saturated carbocycles. The molecule has 0 radical (unpaired) electrons. The number of benzene rings is 2. The fourth-order valence-electron chi connectivity index (χ4n) is 3.92. The SMILES string of the molecule is Cc1cc(Cl)cc2sc(N(CCCN3CCOCC3)C(=O)c3ccc(SC(C)C)cc3)nc12. The number of aromatic nitrogens is 1. The van der Waals surface area contributed by atoms with Gasteiger partial charge in [0.25, 0.3) is 5.91 Å². The molecule has 2 heterocycles. The standard InChI is InChI=1S/C25H30ClN3O2S2/c1-17(2)32-21-7-5-19(6-8-21)24(30)29(10-4-9-28-11-13-31-14-12-28)25-27-23-18(3)15-20(26)16-22(23)33-25/h5-8,15-17H,4,9-14H2,1-3H3. The molecule has 0 unspecified atom stereocenters. The number of morpholine rings is 1. The highest BCUT2D eigenvalue weighted by molar-refractivity contribution is 7.99. The Morgan fingerprint density at radius 3 is 2.67 bits per heavy atom. The Morgan fingerprint density at radius 1 is 1.24 bits per heavy atom. The number of hydrogen-bond acceptors (Lipinski definition) is 6. The molecule has 0 atom stereocenters. The molecule has 2 aromatic carbocycles. The van der Waals surface area contributed by atoms with E-state index in [9.17, 15) is 4.79 Å². The van der Waals surface area contributed by atoms with Gasteiger partial charge >= 0.3 is 0 Å². The number of amides is 1. The third kappa shape index (κ3) is 6.28. The first kappa shape index (κ1) is 24.5. The van der Waals surface area contributed by atoms with E-state index in [-0.39, 0.29) is 5.91 Å². The lowest BCUT2D eigenvalue weighted by atomic mass is 10.2. The molecule has 1 fully saturated rings. The van der Waals surface area contributed by atoms with Gasteiger partial charge in [0.15, 0.2) is 5.13 Å². The van der Waals surface area contributed by atoms with E-state index < -0.39 is 0 Å². The van der Waals surface area contributed by atoms with Crippen molar-refractivity contribution in [1.29, 1.82) is 0 Å². The third-order valence-electron chi connectivity index (χ3n) is 5.55. The van der Waals surface area contributed by atoms with Crippen molar-refractivity contribution in [2.75, 3.05) is 44.3 Å². The number of hydrogen-bond donors (Lipinski definition) is 0. The zero-order chi connectivity index (χ0) is 23.4. The van der Waals surface area contributed by atoms with E-state index in [1.807, 2.05) is 48.2 Å². The highest BCUT2D eigenvalue weighted by Crippen LogP contribution is 2.34. The Kier molecular flexibility index (Phi) is 8.30. The number of anilines is 1. The summed E-state index contributed by atoms with van der Waals surface area (Å²) in [6.07, 6.45) is 0.878. The van der Waals surface area contributed by atoms with Crippen LogP contribution in [-0.4, -0.2) is 60.4 Å². The Hall–Kier alpha value is -1.64. The van der Waals surface area contributed by atoms with Crippen LogP contribution in [0.15, 0.2) is 41.3 Å². The molecule has 1 aromatic heterocycles. The molecule has 33 heavy (non-hydrogen) atoms. The topological polar surface area (TPSA) is 45.7 Å². The second-order valence-electron chi connectivity index (χ2n) is 8.52. The number of ether oxygens (including phenoxy) is 1. The molecule has 0 bridgehead atoms. The van der Waals surface area contributed by atoms with Gasteiger partial charge in [-0.15, -0.1) is 11.8 Å². The first-order chi connectivity index (χ1) is 15.9. The van der Waals surface area contributed by atoms with E-state index in [0.717, 1.165) is 60.2 Å². The zero-order valence-electron chi connectivity index (χ0n) is 19.3. The molecule has 3 aromatic rings. The number of carbonyl (C=O) groups is 1. The van der Waals surface area contributed by atoms with Crippen molar-refractivity contribution in [1.82, 2.24) is 9.88 Å². The fourth-order valence-corrected chi connectivity index (χ4v) is 6.21. The van der Waals surface area contributed by atoms with Crippen molar-refractivity contribution in [2.45, 2.75) is 37.3 Å². The third-order valence-corrected chi connectivity index (χ3v) is 7.81. The van der Waals surface area contributed by atoms with Crippen LogP contribution < -0.4 is 4.90 Å². The number of thiazole rings is 1. The average Bonchev–Trinajstić information content (AvgIpc) is 3.21. The lowest BCUT2D eigenvalue weighted by Crippen LogP contribution is -2.39. The number of nitrogens with zero attached hydrogens (tertiary/aromatic N) is 3. The summed E-state index contributed by atoms with van der Waals surface area (Å²) >= 11 is 9.59. The molecule has 5 nitrogen and oxygen atoms in total. The molecule has 1 aliphatic rings. The predicted octanol–water partition coefficient (Wildman–Crippen LogP) is 6.13. The van der Waals surface area contributed by atoms with Crippen LogP contribution in [0.5, 0.6) is 0 Å². The summed E-state index contributed by atoms with van der Waals surface area (Å²) in [6.45, 7) is 11.3. The molecule has 0 spiro atoms. The summed E-state index contributed by atoms with van der Waals surface area (Å²) in [5, 5.41) is 1.92. The van der Waals surface area contributed by atoms with Crippen molar-refractivity contribution in [3.05, 3.63) is 52.5 Å². The molecule has 1 amide bonds. The van der Waals surface area contributed by atoms with Gasteiger partial charge in [0.2, 0.25) is 0 Å². The summed E-state index contributed by atoms with van der Waals surface area (Å²) in [4.78, 5) is 23.9.